The van der Waals surface area contributed by atoms with Gasteiger partial charge in [-0.3, -0.25) is 9.59 Å². The maximum atomic E-state index is 12.4. The normalized spacial score (nSPS) is 10.8. The fourth-order valence-electron chi connectivity index (χ4n) is 2.55. The standard InChI is InChI=1S/C17H13N7O2/c25-16-12-5-1-2-6-13(12)22-14(23-16)17(26)20-8-11-4-3-7-19-15(11)24-10-18-9-21-24/h1-7,9-10H,8H2,(H,20,26)(H,22,23,25). The van der Waals surface area contributed by atoms with E-state index in [4.69, 9.17) is 0 Å². The number of para-hydroxylation sites is 1. The molecule has 0 atom stereocenters. The van der Waals surface area contributed by atoms with E-state index in [1.54, 1.807) is 36.5 Å². The van der Waals surface area contributed by atoms with Gasteiger partial charge >= 0.3 is 0 Å². The van der Waals surface area contributed by atoms with Crippen LogP contribution in [0.5, 0.6) is 0 Å². The molecule has 9 nitrogen and oxygen atoms in total. The Labute approximate surface area is 146 Å². The zero-order chi connectivity index (χ0) is 17.9. The Balaban J connectivity index is 1.58. The highest BCUT2D eigenvalue weighted by atomic mass is 16.2. The van der Waals surface area contributed by atoms with Crippen molar-refractivity contribution in [2.75, 3.05) is 0 Å². The first-order valence-electron chi connectivity index (χ1n) is 7.78. The molecule has 3 heterocycles. The summed E-state index contributed by atoms with van der Waals surface area (Å²) in [6, 6.07) is 10.4. The lowest BCUT2D eigenvalue weighted by Gasteiger charge is -2.09. The van der Waals surface area contributed by atoms with Crippen molar-refractivity contribution < 1.29 is 4.79 Å². The predicted molar refractivity (Wildman–Crippen MR) is 92.7 cm³/mol. The van der Waals surface area contributed by atoms with E-state index in [9.17, 15) is 9.59 Å². The van der Waals surface area contributed by atoms with Gasteiger partial charge in [0.15, 0.2) is 11.6 Å². The van der Waals surface area contributed by atoms with Crippen LogP contribution in [0.4, 0.5) is 0 Å². The second-order valence-electron chi connectivity index (χ2n) is 5.44. The fourth-order valence-corrected chi connectivity index (χ4v) is 2.55. The smallest absolute Gasteiger partial charge is 0.287 e. The molecule has 9 heteroatoms. The van der Waals surface area contributed by atoms with Crippen molar-refractivity contribution in [3.63, 3.8) is 0 Å². The number of carbonyl (C=O) groups is 1. The lowest BCUT2D eigenvalue weighted by molar-refractivity contribution is 0.0940. The number of hydrogen-bond donors (Lipinski definition) is 2. The minimum atomic E-state index is -0.485. The highest BCUT2D eigenvalue weighted by Gasteiger charge is 2.13. The zero-order valence-corrected chi connectivity index (χ0v) is 13.5. The second-order valence-corrected chi connectivity index (χ2v) is 5.44. The average molecular weight is 347 g/mol. The number of aromatic amines is 1. The Morgan fingerprint density at radius 1 is 1.19 bits per heavy atom. The van der Waals surface area contributed by atoms with E-state index < -0.39 is 5.91 Å². The van der Waals surface area contributed by atoms with Crippen molar-refractivity contribution in [1.82, 2.24) is 35.0 Å². The SMILES string of the molecule is O=C(NCc1cccnc1-n1cncn1)c1nc2ccccc2c(=O)[nH]1. The van der Waals surface area contributed by atoms with Gasteiger partial charge in [0, 0.05) is 18.3 Å². The van der Waals surface area contributed by atoms with Gasteiger partial charge in [-0.05, 0) is 18.2 Å². The largest absolute Gasteiger partial charge is 0.345 e. The molecule has 0 aliphatic heterocycles. The monoisotopic (exact) mass is 347 g/mol. The number of rotatable bonds is 4. The number of nitrogens with zero attached hydrogens (tertiary/aromatic N) is 5. The Hall–Kier alpha value is -3.88. The van der Waals surface area contributed by atoms with Crippen molar-refractivity contribution in [2.24, 2.45) is 0 Å². The third-order valence-corrected chi connectivity index (χ3v) is 3.77. The molecule has 0 saturated carbocycles. The van der Waals surface area contributed by atoms with Crippen molar-refractivity contribution in [3.05, 3.63) is 77.0 Å². The summed E-state index contributed by atoms with van der Waals surface area (Å²) in [4.78, 5) is 39.4. The van der Waals surface area contributed by atoms with Crippen LogP contribution in [0.3, 0.4) is 0 Å². The Bertz CT molecular complexity index is 1140. The zero-order valence-electron chi connectivity index (χ0n) is 13.5. The first-order chi connectivity index (χ1) is 12.7. The van der Waals surface area contributed by atoms with E-state index >= 15 is 0 Å². The molecule has 1 amide bonds. The summed E-state index contributed by atoms with van der Waals surface area (Å²) in [7, 11) is 0. The van der Waals surface area contributed by atoms with E-state index in [0.29, 0.717) is 16.7 Å². The summed E-state index contributed by atoms with van der Waals surface area (Å²) in [6.07, 6.45) is 4.56. The molecular formula is C17H13N7O2. The average Bonchev–Trinajstić information content (AvgIpc) is 3.21. The van der Waals surface area contributed by atoms with Crippen molar-refractivity contribution >= 4 is 16.8 Å². The lowest BCUT2D eigenvalue weighted by Crippen LogP contribution is -2.28. The van der Waals surface area contributed by atoms with E-state index in [2.05, 4.69) is 30.4 Å². The van der Waals surface area contributed by atoms with E-state index in [1.807, 2.05) is 6.07 Å². The number of carbonyl (C=O) groups excluding carboxylic acids is 1. The molecule has 128 valence electrons. The molecule has 0 radical (unpaired) electrons. The summed E-state index contributed by atoms with van der Waals surface area (Å²) < 4.78 is 1.51. The van der Waals surface area contributed by atoms with E-state index in [-0.39, 0.29) is 17.9 Å². The van der Waals surface area contributed by atoms with Crippen molar-refractivity contribution in [2.45, 2.75) is 6.54 Å². The second kappa shape index (κ2) is 6.55. The third kappa shape index (κ3) is 2.93. The predicted octanol–water partition coefficient (Wildman–Crippen LogP) is 0.829. The molecule has 0 aliphatic rings. The lowest BCUT2D eigenvalue weighted by atomic mass is 10.2. The minimum absolute atomic E-state index is 0.0418. The first kappa shape index (κ1) is 15.6. The van der Waals surface area contributed by atoms with Gasteiger partial charge in [-0.15, -0.1) is 0 Å². The Morgan fingerprint density at radius 3 is 2.92 bits per heavy atom. The summed E-state index contributed by atoms with van der Waals surface area (Å²) >= 11 is 0. The summed E-state index contributed by atoms with van der Waals surface area (Å²) in [6.45, 7) is 0.193. The molecule has 3 aromatic heterocycles. The molecule has 4 aromatic rings. The maximum Gasteiger partial charge on any atom is 0.287 e. The number of amides is 1. The Morgan fingerprint density at radius 2 is 2.08 bits per heavy atom. The highest BCUT2D eigenvalue weighted by Crippen LogP contribution is 2.10. The summed E-state index contributed by atoms with van der Waals surface area (Å²) in [5.41, 5.74) is 0.853. The molecule has 0 bridgehead atoms. The Kier molecular flexibility index (Phi) is 3.94. The van der Waals surface area contributed by atoms with Crippen LogP contribution in [0.2, 0.25) is 0 Å². The summed E-state index contributed by atoms with van der Waals surface area (Å²) in [5.74, 6) is 0.0337. The van der Waals surface area contributed by atoms with E-state index in [1.165, 1.54) is 17.3 Å². The van der Waals surface area contributed by atoms with Gasteiger partial charge in [-0.25, -0.2) is 19.6 Å². The number of nitrogens with one attached hydrogen (secondary N) is 2. The van der Waals surface area contributed by atoms with Gasteiger partial charge in [-0.2, -0.15) is 5.10 Å². The van der Waals surface area contributed by atoms with Gasteiger partial charge in [0.1, 0.15) is 12.7 Å². The molecule has 26 heavy (non-hydrogen) atoms. The highest BCUT2D eigenvalue weighted by molar-refractivity contribution is 5.92. The van der Waals surface area contributed by atoms with Crippen LogP contribution in [0.15, 0.2) is 60.0 Å². The molecular weight excluding hydrogens is 334 g/mol. The third-order valence-electron chi connectivity index (χ3n) is 3.77. The quantitative estimate of drug-likeness (QED) is 0.564. The molecule has 0 fully saturated rings. The van der Waals surface area contributed by atoms with Crippen LogP contribution in [-0.4, -0.2) is 35.6 Å². The number of aromatic nitrogens is 6. The fraction of sp³-hybridized carbons (Fsp3) is 0.0588. The van der Waals surface area contributed by atoms with E-state index in [0.717, 1.165) is 5.56 Å². The number of benzene rings is 1. The molecule has 2 N–H and O–H groups in total. The number of fused-ring (bicyclic) bond motifs is 1. The summed E-state index contributed by atoms with van der Waals surface area (Å²) in [5, 5.41) is 7.22. The molecule has 4 rings (SSSR count). The molecule has 0 unspecified atom stereocenters. The van der Waals surface area contributed by atoms with Gasteiger partial charge in [0.2, 0.25) is 0 Å². The van der Waals surface area contributed by atoms with Gasteiger partial charge in [0.25, 0.3) is 11.5 Å². The van der Waals surface area contributed by atoms with Crippen LogP contribution in [0.1, 0.15) is 16.2 Å². The van der Waals surface area contributed by atoms with Crippen LogP contribution in [0.25, 0.3) is 16.7 Å². The molecule has 0 saturated heterocycles. The van der Waals surface area contributed by atoms with Gasteiger partial charge < -0.3 is 10.3 Å². The maximum absolute atomic E-state index is 12.4. The van der Waals surface area contributed by atoms with Gasteiger partial charge in [-0.1, -0.05) is 18.2 Å². The minimum Gasteiger partial charge on any atom is -0.345 e. The van der Waals surface area contributed by atoms with Crippen molar-refractivity contribution in [1.29, 1.82) is 0 Å². The number of hydrogen-bond acceptors (Lipinski definition) is 6. The first-order valence-corrected chi connectivity index (χ1v) is 7.78. The van der Waals surface area contributed by atoms with Crippen LogP contribution in [-0.2, 0) is 6.54 Å². The van der Waals surface area contributed by atoms with Crippen LogP contribution < -0.4 is 10.9 Å². The molecule has 0 aliphatic carbocycles. The van der Waals surface area contributed by atoms with Gasteiger partial charge in [0.05, 0.1) is 10.9 Å². The van der Waals surface area contributed by atoms with Crippen LogP contribution >= 0.6 is 0 Å². The molecule has 0 spiro atoms. The number of H-pyrrole nitrogens is 1. The number of pyridine rings is 1. The van der Waals surface area contributed by atoms with Crippen molar-refractivity contribution in [3.8, 4) is 5.82 Å². The molecule has 1 aromatic carbocycles. The topological polar surface area (TPSA) is 118 Å². The van der Waals surface area contributed by atoms with Crippen LogP contribution in [0, 0.1) is 0 Å².